The van der Waals surface area contributed by atoms with Crippen LogP contribution >= 0.6 is 0 Å². The van der Waals surface area contributed by atoms with Crippen LogP contribution in [-0.2, 0) is 21.2 Å². The molecule has 140 valence electrons. The minimum Gasteiger partial charge on any atom is -0.323 e. The van der Waals surface area contributed by atoms with Crippen molar-refractivity contribution >= 4 is 38.9 Å². The van der Waals surface area contributed by atoms with Crippen molar-refractivity contribution in [3.8, 4) is 0 Å². The molecule has 2 aliphatic rings. The number of carbonyl (C=O) groups excluding carboxylic acids is 2. The number of para-hydroxylation sites is 2. The van der Waals surface area contributed by atoms with Crippen LogP contribution in [0.4, 0.5) is 17.1 Å². The van der Waals surface area contributed by atoms with Crippen LogP contribution in [0, 0.1) is 0 Å². The molecule has 1 atom stereocenters. The van der Waals surface area contributed by atoms with Gasteiger partial charge in [-0.2, -0.15) is 0 Å². The lowest BCUT2D eigenvalue weighted by Gasteiger charge is -2.29. The van der Waals surface area contributed by atoms with Gasteiger partial charge in [0.1, 0.15) is 6.54 Å². The van der Waals surface area contributed by atoms with Crippen molar-refractivity contribution in [2.24, 2.45) is 0 Å². The van der Waals surface area contributed by atoms with E-state index in [-0.39, 0.29) is 24.4 Å². The summed E-state index contributed by atoms with van der Waals surface area (Å²) in [5.74, 6) is -0.536. The number of carbonyl (C=O) groups is 2. The maximum absolute atomic E-state index is 13.1. The number of hydrogen-bond acceptors (Lipinski definition) is 4. The molecule has 4 rings (SSSR count). The lowest BCUT2D eigenvalue weighted by atomic mass is 10.1. The molecule has 0 bridgehead atoms. The fraction of sp³-hybridized carbons (Fsp3) is 0.263. The number of rotatable bonds is 2. The molecule has 0 saturated heterocycles. The van der Waals surface area contributed by atoms with Gasteiger partial charge in [-0.25, -0.2) is 8.42 Å². The van der Waals surface area contributed by atoms with E-state index in [1.54, 1.807) is 36.4 Å². The van der Waals surface area contributed by atoms with Crippen LogP contribution in [0.25, 0.3) is 0 Å². The highest BCUT2D eigenvalue weighted by molar-refractivity contribution is 7.92. The Kier molecular flexibility index (Phi) is 3.96. The molecule has 0 aliphatic carbocycles. The number of nitrogens with one attached hydrogen (secondary N) is 1. The summed E-state index contributed by atoms with van der Waals surface area (Å²) in [6, 6.07) is 12.0. The van der Waals surface area contributed by atoms with Crippen molar-refractivity contribution < 1.29 is 18.0 Å². The second kappa shape index (κ2) is 6.09. The van der Waals surface area contributed by atoms with Crippen molar-refractivity contribution in [2.45, 2.75) is 19.4 Å². The zero-order chi connectivity index (χ0) is 19.3. The van der Waals surface area contributed by atoms with Gasteiger partial charge in [0.05, 0.1) is 23.3 Å². The van der Waals surface area contributed by atoms with Crippen molar-refractivity contribution in [1.82, 2.24) is 0 Å². The van der Waals surface area contributed by atoms with Crippen LogP contribution in [0.1, 0.15) is 22.8 Å². The van der Waals surface area contributed by atoms with Crippen molar-refractivity contribution in [3.63, 3.8) is 0 Å². The summed E-state index contributed by atoms with van der Waals surface area (Å²) < 4.78 is 25.5. The van der Waals surface area contributed by atoms with Crippen molar-refractivity contribution in [1.29, 1.82) is 0 Å². The number of sulfonamides is 1. The van der Waals surface area contributed by atoms with E-state index in [1.807, 2.05) is 13.0 Å². The van der Waals surface area contributed by atoms with E-state index >= 15 is 0 Å². The quantitative estimate of drug-likeness (QED) is 0.857. The first-order chi connectivity index (χ1) is 12.8. The van der Waals surface area contributed by atoms with Gasteiger partial charge in [0, 0.05) is 11.6 Å². The van der Waals surface area contributed by atoms with E-state index in [0.29, 0.717) is 29.0 Å². The lowest BCUT2D eigenvalue weighted by Crippen LogP contribution is -2.42. The Hall–Kier alpha value is -2.87. The molecule has 2 amide bonds. The Labute approximate surface area is 157 Å². The lowest BCUT2D eigenvalue weighted by molar-refractivity contribution is -0.115. The molecule has 0 spiro atoms. The normalized spacial score (nSPS) is 18.7. The zero-order valence-electron chi connectivity index (χ0n) is 15.0. The predicted molar refractivity (Wildman–Crippen MR) is 104 cm³/mol. The van der Waals surface area contributed by atoms with Gasteiger partial charge in [-0.15, -0.1) is 0 Å². The van der Waals surface area contributed by atoms with Gasteiger partial charge in [-0.3, -0.25) is 18.8 Å². The topological polar surface area (TPSA) is 86.8 Å². The molecular formula is C19H19N3O4S. The van der Waals surface area contributed by atoms with Crippen LogP contribution in [0.5, 0.6) is 0 Å². The number of amides is 2. The average molecular weight is 385 g/mol. The molecule has 2 aromatic carbocycles. The van der Waals surface area contributed by atoms with E-state index in [2.05, 4.69) is 5.32 Å². The monoisotopic (exact) mass is 385 g/mol. The van der Waals surface area contributed by atoms with Gasteiger partial charge in [0.25, 0.3) is 5.91 Å². The van der Waals surface area contributed by atoms with Crippen LogP contribution in [0.15, 0.2) is 42.5 Å². The molecule has 0 radical (unpaired) electrons. The van der Waals surface area contributed by atoms with E-state index < -0.39 is 10.0 Å². The van der Waals surface area contributed by atoms with Crippen LogP contribution in [-0.4, -0.2) is 39.1 Å². The van der Waals surface area contributed by atoms with E-state index in [4.69, 9.17) is 0 Å². The van der Waals surface area contributed by atoms with Crippen molar-refractivity contribution in [3.05, 3.63) is 53.6 Å². The Morgan fingerprint density at radius 3 is 2.63 bits per heavy atom. The summed E-state index contributed by atoms with van der Waals surface area (Å²) in [4.78, 5) is 26.5. The first-order valence-corrected chi connectivity index (χ1v) is 10.4. The first kappa shape index (κ1) is 17.5. The fourth-order valence-electron chi connectivity index (χ4n) is 3.81. The third-order valence-electron chi connectivity index (χ3n) is 4.85. The third kappa shape index (κ3) is 2.95. The molecule has 0 aromatic heterocycles. The average Bonchev–Trinajstić information content (AvgIpc) is 2.95. The third-order valence-corrected chi connectivity index (χ3v) is 6.12. The molecule has 7 nitrogen and oxygen atoms in total. The molecule has 1 N–H and O–H groups in total. The van der Waals surface area contributed by atoms with Crippen LogP contribution in [0.2, 0.25) is 0 Å². The first-order valence-electron chi connectivity index (χ1n) is 8.59. The summed E-state index contributed by atoms with van der Waals surface area (Å²) in [5, 5.41) is 2.76. The molecule has 0 fully saturated rings. The van der Waals surface area contributed by atoms with Gasteiger partial charge in [-0.05, 0) is 49.2 Å². The maximum atomic E-state index is 13.1. The highest BCUT2D eigenvalue weighted by atomic mass is 32.2. The predicted octanol–water partition coefficient (Wildman–Crippen LogP) is 2.00. The molecule has 0 saturated carbocycles. The second-order valence-corrected chi connectivity index (χ2v) is 8.77. The number of fused-ring (bicyclic) bond motifs is 2. The van der Waals surface area contributed by atoms with Gasteiger partial charge >= 0.3 is 0 Å². The van der Waals surface area contributed by atoms with Crippen molar-refractivity contribution in [2.75, 3.05) is 27.3 Å². The number of nitrogens with zero attached hydrogens (tertiary/aromatic N) is 2. The fourth-order valence-corrected chi connectivity index (χ4v) is 5.08. The van der Waals surface area contributed by atoms with Crippen LogP contribution in [0.3, 0.4) is 0 Å². The minimum atomic E-state index is -3.38. The highest BCUT2D eigenvalue weighted by Gasteiger charge is 2.34. The van der Waals surface area contributed by atoms with E-state index in [9.17, 15) is 18.0 Å². The molecule has 2 aliphatic heterocycles. The standard InChI is InChI=1S/C19H19N3O4S/c1-12-9-14-10-13(7-8-16(14)22(12)27(2,25)26)19(24)21-11-18(23)20-15-5-3-4-6-17(15)21/h3-8,10,12H,9,11H2,1-2H3,(H,20,23)/t12-/m1/s1. The summed E-state index contributed by atoms with van der Waals surface area (Å²) >= 11 is 0. The maximum Gasteiger partial charge on any atom is 0.258 e. The van der Waals surface area contributed by atoms with Gasteiger partial charge in [0.2, 0.25) is 15.9 Å². The molecular weight excluding hydrogens is 366 g/mol. The molecule has 2 aromatic rings. The van der Waals surface area contributed by atoms with Gasteiger partial charge in [0.15, 0.2) is 0 Å². The van der Waals surface area contributed by atoms with Gasteiger partial charge < -0.3 is 5.32 Å². The zero-order valence-corrected chi connectivity index (χ0v) is 15.8. The van der Waals surface area contributed by atoms with Gasteiger partial charge in [-0.1, -0.05) is 12.1 Å². The Balaban J connectivity index is 1.71. The second-order valence-electron chi connectivity index (χ2n) is 6.91. The van der Waals surface area contributed by atoms with Crippen LogP contribution < -0.4 is 14.5 Å². The summed E-state index contributed by atoms with van der Waals surface area (Å²) in [6.07, 6.45) is 1.72. The summed E-state index contributed by atoms with van der Waals surface area (Å²) in [5.41, 5.74) is 3.10. The minimum absolute atomic E-state index is 0.0567. The largest absolute Gasteiger partial charge is 0.323 e. The smallest absolute Gasteiger partial charge is 0.258 e. The molecule has 2 heterocycles. The Morgan fingerprint density at radius 1 is 1.15 bits per heavy atom. The Morgan fingerprint density at radius 2 is 1.89 bits per heavy atom. The van der Waals surface area contributed by atoms with E-state index in [0.717, 1.165) is 5.56 Å². The highest BCUT2D eigenvalue weighted by Crippen LogP contribution is 2.36. The number of anilines is 3. The Bertz CT molecular complexity index is 1060. The number of benzene rings is 2. The molecule has 27 heavy (non-hydrogen) atoms. The number of hydrogen-bond donors (Lipinski definition) is 1. The molecule has 0 unspecified atom stereocenters. The molecule has 8 heteroatoms. The summed E-state index contributed by atoms with van der Waals surface area (Å²) in [7, 11) is -3.38. The SMILES string of the molecule is C[C@@H]1Cc2cc(C(=O)N3CC(=O)Nc4ccccc43)ccc2N1S(C)(=O)=O. The van der Waals surface area contributed by atoms with E-state index in [1.165, 1.54) is 15.5 Å². The summed E-state index contributed by atoms with van der Waals surface area (Å²) in [6.45, 7) is 1.78.